The molecule has 27 heavy (non-hydrogen) atoms. The van der Waals surface area contributed by atoms with E-state index in [2.05, 4.69) is 20.4 Å². The molecule has 7 heteroatoms. The number of amides is 1. The third-order valence-corrected chi connectivity index (χ3v) is 5.27. The van der Waals surface area contributed by atoms with E-state index in [1.165, 1.54) is 29.5 Å². The number of benzene rings is 1. The minimum Gasteiger partial charge on any atom is -0.351 e. The molecular formula is C20H20FN5O. The molecule has 1 amide bonds. The van der Waals surface area contributed by atoms with Crippen molar-refractivity contribution in [3.63, 3.8) is 0 Å². The summed E-state index contributed by atoms with van der Waals surface area (Å²) in [6.07, 6.45) is 8.72. The van der Waals surface area contributed by atoms with Gasteiger partial charge in [0.05, 0.1) is 0 Å². The summed E-state index contributed by atoms with van der Waals surface area (Å²) in [5.74, 6) is 0.134. The highest BCUT2D eigenvalue weighted by Gasteiger charge is 2.36. The Morgan fingerprint density at radius 2 is 1.96 bits per heavy atom. The van der Waals surface area contributed by atoms with Crippen molar-refractivity contribution in [3.05, 3.63) is 72.2 Å². The van der Waals surface area contributed by atoms with Gasteiger partial charge >= 0.3 is 0 Å². The maximum absolute atomic E-state index is 13.3. The first kappa shape index (κ1) is 17.3. The van der Waals surface area contributed by atoms with Gasteiger partial charge in [0.25, 0.3) is 5.91 Å². The molecule has 0 atom stereocenters. The molecule has 1 aliphatic carbocycles. The normalized spacial score (nSPS) is 15.6. The number of hydrogen-bond donors (Lipinski definition) is 1. The Labute approximate surface area is 156 Å². The van der Waals surface area contributed by atoms with E-state index in [-0.39, 0.29) is 17.1 Å². The van der Waals surface area contributed by atoms with Crippen LogP contribution in [0.2, 0.25) is 0 Å². The summed E-state index contributed by atoms with van der Waals surface area (Å²) in [4.78, 5) is 20.8. The molecule has 0 aliphatic heterocycles. The van der Waals surface area contributed by atoms with E-state index < -0.39 is 0 Å². The Morgan fingerprint density at radius 3 is 2.67 bits per heavy atom. The van der Waals surface area contributed by atoms with E-state index in [0.29, 0.717) is 17.9 Å². The molecule has 138 valence electrons. The van der Waals surface area contributed by atoms with Crippen LogP contribution in [0.3, 0.4) is 0 Å². The zero-order valence-electron chi connectivity index (χ0n) is 14.8. The molecule has 0 radical (unpaired) electrons. The number of pyridine rings is 1. The molecule has 0 saturated heterocycles. The van der Waals surface area contributed by atoms with Crippen molar-refractivity contribution < 1.29 is 9.18 Å². The lowest BCUT2D eigenvalue weighted by atomic mass is 9.78. The van der Waals surface area contributed by atoms with Crippen LogP contribution in [-0.2, 0) is 5.41 Å². The summed E-state index contributed by atoms with van der Waals surface area (Å²) < 4.78 is 14.8. The molecule has 1 aromatic carbocycles. The summed E-state index contributed by atoms with van der Waals surface area (Å²) in [6.45, 7) is 0.526. The average molecular weight is 365 g/mol. The van der Waals surface area contributed by atoms with Crippen LogP contribution < -0.4 is 5.32 Å². The number of aromatic nitrogens is 4. The third-order valence-electron chi connectivity index (χ3n) is 5.27. The maximum Gasteiger partial charge on any atom is 0.251 e. The van der Waals surface area contributed by atoms with Crippen LogP contribution >= 0.6 is 0 Å². The number of halogens is 1. The van der Waals surface area contributed by atoms with Crippen molar-refractivity contribution in [1.29, 1.82) is 0 Å². The molecular weight excluding hydrogens is 345 g/mol. The van der Waals surface area contributed by atoms with Gasteiger partial charge in [-0.1, -0.05) is 25.0 Å². The van der Waals surface area contributed by atoms with Crippen LogP contribution in [0.1, 0.15) is 41.6 Å². The van der Waals surface area contributed by atoms with Crippen molar-refractivity contribution in [2.45, 2.75) is 31.1 Å². The summed E-state index contributed by atoms with van der Waals surface area (Å²) in [7, 11) is 0. The van der Waals surface area contributed by atoms with Gasteiger partial charge in [0.15, 0.2) is 5.82 Å². The summed E-state index contributed by atoms with van der Waals surface area (Å²) in [6, 6.07) is 10.0. The molecule has 1 fully saturated rings. The van der Waals surface area contributed by atoms with Crippen LogP contribution in [-0.4, -0.2) is 32.2 Å². The van der Waals surface area contributed by atoms with E-state index in [0.717, 1.165) is 31.2 Å². The van der Waals surface area contributed by atoms with Gasteiger partial charge in [-0.05, 0) is 42.7 Å². The first-order valence-corrected chi connectivity index (χ1v) is 9.02. The Balaban J connectivity index is 1.51. The molecule has 6 nitrogen and oxygen atoms in total. The van der Waals surface area contributed by atoms with E-state index in [1.54, 1.807) is 18.3 Å². The predicted octanol–water partition coefficient (Wildman–Crippen LogP) is 3.04. The minimum atomic E-state index is -0.242. The zero-order chi connectivity index (χ0) is 18.7. The van der Waals surface area contributed by atoms with Crippen LogP contribution in [0.25, 0.3) is 5.82 Å². The van der Waals surface area contributed by atoms with Crippen molar-refractivity contribution >= 4 is 5.91 Å². The van der Waals surface area contributed by atoms with Crippen molar-refractivity contribution in [2.24, 2.45) is 0 Å². The monoisotopic (exact) mass is 365 g/mol. The fourth-order valence-corrected chi connectivity index (χ4v) is 3.79. The van der Waals surface area contributed by atoms with Gasteiger partial charge in [-0.25, -0.2) is 19.0 Å². The predicted molar refractivity (Wildman–Crippen MR) is 98.0 cm³/mol. The van der Waals surface area contributed by atoms with Crippen LogP contribution in [0.4, 0.5) is 4.39 Å². The summed E-state index contributed by atoms with van der Waals surface area (Å²) in [5, 5.41) is 7.10. The first-order valence-electron chi connectivity index (χ1n) is 9.02. The summed E-state index contributed by atoms with van der Waals surface area (Å²) >= 11 is 0. The highest BCUT2D eigenvalue weighted by atomic mass is 19.1. The van der Waals surface area contributed by atoms with E-state index in [4.69, 9.17) is 0 Å². The molecule has 1 aliphatic rings. The second kappa shape index (κ2) is 7.26. The highest BCUT2D eigenvalue weighted by Crippen LogP contribution is 2.40. The fourth-order valence-electron chi connectivity index (χ4n) is 3.79. The van der Waals surface area contributed by atoms with Crippen molar-refractivity contribution in [3.8, 4) is 5.82 Å². The molecule has 1 saturated carbocycles. The van der Waals surface area contributed by atoms with Gasteiger partial charge in [0.1, 0.15) is 18.5 Å². The number of hydrogen-bond acceptors (Lipinski definition) is 4. The molecule has 2 aromatic heterocycles. The van der Waals surface area contributed by atoms with Crippen LogP contribution in [0.15, 0.2) is 55.2 Å². The minimum absolute atomic E-state index is 0.134. The standard InChI is InChI=1S/C20H20FN5O/c21-17-5-3-16(4-6-17)20(8-1-2-9-20)12-24-19(27)15-7-10-23-18(11-15)26-14-22-13-25-26/h3-7,10-11,13-14H,1-2,8-9,12H2,(H,24,27). The topological polar surface area (TPSA) is 72.7 Å². The lowest BCUT2D eigenvalue weighted by molar-refractivity contribution is 0.0943. The quantitative estimate of drug-likeness (QED) is 0.754. The number of nitrogens with one attached hydrogen (secondary N) is 1. The van der Waals surface area contributed by atoms with Crippen molar-refractivity contribution in [1.82, 2.24) is 25.1 Å². The number of carbonyl (C=O) groups is 1. The SMILES string of the molecule is O=C(NCC1(c2ccc(F)cc2)CCCC1)c1ccnc(-n2cncn2)c1. The molecule has 0 spiro atoms. The first-order chi connectivity index (χ1) is 13.2. The molecule has 0 unspecified atom stereocenters. The van der Waals surface area contributed by atoms with Crippen LogP contribution in [0.5, 0.6) is 0 Å². The fraction of sp³-hybridized carbons (Fsp3) is 0.300. The average Bonchev–Trinajstić information content (AvgIpc) is 3.40. The smallest absolute Gasteiger partial charge is 0.251 e. The molecule has 0 bridgehead atoms. The molecule has 1 N–H and O–H groups in total. The van der Waals surface area contributed by atoms with E-state index >= 15 is 0 Å². The maximum atomic E-state index is 13.3. The number of nitrogens with zero attached hydrogens (tertiary/aromatic N) is 4. The van der Waals surface area contributed by atoms with Gasteiger partial charge in [0.2, 0.25) is 0 Å². The number of carbonyl (C=O) groups excluding carboxylic acids is 1. The second-order valence-corrected chi connectivity index (χ2v) is 6.92. The molecule has 3 aromatic rings. The Bertz CT molecular complexity index is 918. The highest BCUT2D eigenvalue weighted by molar-refractivity contribution is 5.94. The Kier molecular flexibility index (Phi) is 4.66. The van der Waals surface area contributed by atoms with Gasteiger partial charge in [-0.15, -0.1) is 0 Å². The largest absolute Gasteiger partial charge is 0.351 e. The lowest BCUT2D eigenvalue weighted by Crippen LogP contribution is -2.39. The summed E-state index contributed by atoms with van der Waals surface area (Å²) in [5.41, 5.74) is 1.47. The Hall–Kier alpha value is -3.09. The van der Waals surface area contributed by atoms with E-state index in [1.807, 2.05) is 12.1 Å². The van der Waals surface area contributed by atoms with Crippen LogP contribution in [0, 0.1) is 5.82 Å². The third kappa shape index (κ3) is 3.58. The van der Waals surface area contributed by atoms with E-state index in [9.17, 15) is 9.18 Å². The Morgan fingerprint density at radius 1 is 1.19 bits per heavy atom. The molecule has 2 heterocycles. The second-order valence-electron chi connectivity index (χ2n) is 6.92. The number of rotatable bonds is 5. The van der Waals surface area contributed by atoms with Gasteiger partial charge < -0.3 is 5.32 Å². The van der Waals surface area contributed by atoms with Gasteiger partial charge in [-0.3, -0.25) is 4.79 Å². The van der Waals surface area contributed by atoms with Crippen molar-refractivity contribution in [2.75, 3.05) is 6.54 Å². The zero-order valence-corrected chi connectivity index (χ0v) is 14.8. The molecule has 4 rings (SSSR count). The lowest BCUT2D eigenvalue weighted by Gasteiger charge is -2.30. The van der Waals surface area contributed by atoms with Gasteiger partial charge in [0, 0.05) is 23.7 Å². The van der Waals surface area contributed by atoms with Gasteiger partial charge in [-0.2, -0.15) is 5.10 Å².